The molecule has 2 N–H and O–H groups in total. The van der Waals surface area contributed by atoms with Crippen molar-refractivity contribution in [1.29, 1.82) is 0 Å². The summed E-state index contributed by atoms with van der Waals surface area (Å²) >= 11 is 0. The van der Waals surface area contributed by atoms with Gasteiger partial charge in [-0.15, -0.1) is 0 Å². The van der Waals surface area contributed by atoms with Gasteiger partial charge in [0.15, 0.2) is 11.5 Å². The quantitative estimate of drug-likeness (QED) is 0.809. The Morgan fingerprint density at radius 2 is 2.09 bits per heavy atom. The molecule has 2 aliphatic heterocycles. The lowest BCUT2D eigenvalue weighted by atomic mass is 9.73. The molecule has 4 rings (SSSR count). The van der Waals surface area contributed by atoms with Crippen molar-refractivity contribution in [3.8, 4) is 11.5 Å². The van der Waals surface area contributed by atoms with Crippen LogP contribution in [0.15, 0.2) is 23.8 Å². The maximum Gasteiger partial charge on any atom is 0.160 e. The lowest BCUT2D eigenvalue weighted by Gasteiger charge is -2.45. The van der Waals surface area contributed by atoms with Crippen LogP contribution in [0.2, 0.25) is 0 Å². The molecule has 2 heterocycles. The SMILES string of the molecule is COc1cc2c(cc1O)[C@@H]1[C@H](O)[C@@H](OC)C=C3CCN(C2)[C@H]31. The van der Waals surface area contributed by atoms with Gasteiger partial charge in [0.1, 0.15) is 6.10 Å². The van der Waals surface area contributed by atoms with E-state index < -0.39 is 6.10 Å². The number of rotatable bonds is 2. The van der Waals surface area contributed by atoms with Gasteiger partial charge in [0.2, 0.25) is 0 Å². The third-order valence-electron chi connectivity index (χ3n) is 5.33. The number of aromatic hydroxyl groups is 1. The lowest BCUT2D eigenvalue weighted by Crippen LogP contribution is -2.50. The van der Waals surface area contributed by atoms with Crippen LogP contribution in [-0.2, 0) is 11.3 Å². The summed E-state index contributed by atoms with van der Waals surface area (Å²) in [5, 5.41) is 20.9. The Labute approximate surface area is 129 Å². The maximum atomic E-state index is 10.8. The highest BCUT2D eigenvalue weighted by Gasteiger charge is 2.49. The molecule has 0 radical (unpaired) electrons. The first-order chi connectivity index (χ1) is 10.6. The minimum atomic E-state index is -0.605. The number of aliphatic hydroxyl groups excluding tert-OH is 1. The molecule has 1 aromatic rings. The molecule has 0 bridgehead atoms. The van der Waals surface area contributed by atoms with Crippen molar-refractivity contribution >= 4 is 0 Å². The van der Waals surface area contributed by atoms with E-state index in [0.717, 1.165) is 30.6 Å². The Kier molecular flexibility index (Phi) is 3.18. The zero-order valence-corrected chi connectivity index (χ0v) is 12.8. The summed E-state index contributed by atoms with van der Waals surface area (Å²) in [7, 11) is 3.19. The van der Waals surface area contributed by atoms with Gasteiger partial charge in [-0.3, -0.25) is 4.90 Å². The minimum Gasteiger partial charge on any atom is -0.504 e. The summed E-state index contributed by atoms with van der Waals surface area (Å²) in [6.07, 6.45) is 2.21. The predicted molar refractivity (Wildman–Crippen MR) is 81.1 cm³/mol. The van der Waals surface area contributed by atoms with Crippen molar-refractivity contribution in [3.05, 3.63) is 34.9 Å². The van der Waals surface area contributed by atoms with E-state index in [9.17, 15) is 10.2 Å². The molecule has 1 saturated heterocycles. The molecule has 0 unspecified atom stereocenters. The third kappa shape index (κ3) is 1.82. The molecule has 1 fully saturated rings. The average Bonchev–Trinajstić information content (AvgIpc) is 2.92. The topological polar surface area (TPSA) is 62.2 Å². The summed E-state index contributed by atoms with van der Waals surface area (Å²) in [6.45, 7) is 1.83. The standard InChI is InChI=1S/C17H21NO4/c1-21-13-6-10-8-18-4-3-9-5-14(22-2)17(20)15(16(9)18)11(10)7-12(13)19/h5-7,14-17,19-20H,3-4,8H2,1-2H3/t14-,15-,16+,17+/m0/s1. The van der Waals surface area contributed by atoms with Crippen LogP contribution in [0.25, 0.3) is 0 Å². The summed E-state index contributed by atoms with van der Waals surface area (Å²) in [6, 6.07) is 3.88. The van der Waals surface area contributed by atoms with Gasteiger partial charge in [-0.25, -0.2) is 0 Å². The molecule has 5 nitrogen and oxygen atoms in total. The van der Waals surface area contributed by atoms with Crippen LogP contribution in [0.1, 0.15) is 23.5 Å². The first-order valence-electron chi connectivity index (χ1n) is 7.69. The lowest BCUT2D eigenvalue weighted by molar-refractivity contribution is -0.0231. The number of hydrogen-bond acceptors (Lipinski definition) is 5. The van der Waals surface area contributed by atoms with E-state index in [1.54, 1.807) is 20.3 Å². The average molecular weight is 303 g/mol. The van der Waals surface area contributed by atoms with Crippen molar-refractivity contribution in [2.24, 2.45) is 0 Å². The highest BCUT2D eigenvalue weighted by Crippen LogP contribution is 2.49. The van der Waals surface area contributed by atoms with Crippen molar-refractivity contribution < 1.29 is 19.7 Å². The van der Waals surface area contributed by atoms with Gasteiger partial charge in [0.05, 0.1) is 13.2 Å². The van der Waals surface area contributed by atoms with Gasteiger partial charge >= 0.3 is 0 Å². The normalized spacial score (nSPS) is 33.1. The largest absolute Gasteiger partial charge is 0.504 e. The Balaban J connectivity index is 1.86. The molecule has 1 aromatic carbocycles. The fourth-order valence-electron chi connectivity index (χ4n) is 4.33. The van der Waals surface area contributed by atoms with Crippen LogP contribution in [0.4, 0.5) is 0 Å². The molecule has 4 atom stereocenters. The molecule has 0 spiro atoms. The Morgan fingerprint density at radius 3 is 2.82 bits per heavy atom. The monoisotopic (exact) mass is 303 g/mol. The molecule has 0 saturated carbocycles. The third-order valence-corrected chi connectivity index (χ3v) is 5.33. The van der Waals surface area contributed by atoms with Gasteiger partial charge in [-0.05, 0) is 29.7 Å². The first kappa shape index (κ1) is 14.1. The summed E-state index contributed by atoms with van der Waals surface area (Å²) < 4.78 is 10.7. The predicted octanol–water partition coefficient (Wildman–Crippen LogP) is 1.39. The Hall–Kier alpha value is -1.56. The van der Waals surface area contributed by atoms with Gasteiger partial charge in [-0.1, -0.05) is 11.6 Å². The molecule has 1 aliphatic carbocycles. The van der Waals surface area contributed by atoms with E-state index in [1.807, 2.05) is 6.07 Å². The van der Waals surface area contributed by atoms with E-state index in [-0.39, 0.29) is 23.8 Å². The van der Waals surface area contributed by atoms with E-state index in [1.165, 1.54) is 5.57 Å². The second-order valence-electron chi connectivity index (χ2n) is 6.35. The number of methoxy groups -OCH3 is 2. The van der Waals surface area contributed by atoms with Crippen molar-refractivity contribution in [2.45, 2.75) is 37.1 Å². The first-order valence-corrected chi connectivity index (χ1v) is 7.69. The van der Waals surface area contributed by atoms with Gasteiger partial charge in [0.25, 0.3) is 0 Å². The van der Waals surface area contributed by atoms with Gasteiger partial charge < -0.3 is 19.7 Å². The highest BCUT2D eigenvalue weighted by molar-refractivity contribution is 5.52. The molecular formula is C17H21NO4. The summed E-state index contributed by atoms with van der Waals surface area (Å²) in [5.41, 5.74) is 3.48. The number of hydrogen-bond donors (Lipinski definition) is 2. The van der Waals surface area contributed by atoms with Crippen LogP contribution in [0.5, 0.6) is 11.5 Å². The van der Waals surface area contributed by atoms with Crippen molar-refractivity contribution in [2.75, 3.05) is 20.8 Å². The van der Waals surface area contributed by atoms with Crippen LogP contribution in [0, 0.1) is 0 Å². The number of nitrogens with zero attached hydrogens (tertiary/aromatic N) is 1. The van der Waals surface area contributed by atoms with E-state index in [0.29, 0.717) is 5.75 Å². The molecule has 118 valence electrons. The zero-order valence-electron chi connectivity index (χ0n) is 12.8. The van der Waals surface area contributed by atoms with E-state index in [2.05, 4.69) is 11.0 Å². The second kappa shape index (κ2) is 4.98. The fourth-order valence-corrected chi connectivity index (χ4v) is 4.33. The zero-order chi connectivity index (χ0) is 15.4. The summed E-state index contributed by atoms with van der Waals surface area (Å²) in [4.78, 5) is 2.41. The molecule has 5 heteroatoms. The smallest absolute Gasteiger partial charge is 0.160 e. The maximum absolute atomic E-state index is 10.8. The molecule has 22 heavy (non-hydrogen) atoms. The number of fused-ring (bicyclic) bond motifs is 2. The van der Waals surface area contributed by atoms with Gasteiger partial charge in [0, 0.05) is 32.2 Å². The van der Waals surface area contributed by atoms with Crippen LogP contribution < -0.4 is 4.74 Å². The highest BCUT2D eigenvalue weighted by atomic mass is 16.5. The van der Waals surface area contributed by atoms with Crippen LogP contribution >= 0.6 is 0 Å². The Bertz CT molecular complexity index is 642. The number of aliphatic hydroxyl groups is 1. The van der Waals surface area contributed by atoms with Crippen LogP contribution in [-0.4, -0.2) is 54.1 Å². The molecule has 0 amide bonds. The van der Waals surface area contributed by atoms with Crippen LogP contribution in [0.3, 0.4) is 0 Å². The molecule has 0 aromatic heterocycles. The van der Waals surface area contributed by atoms with Crippen molar-refractivity contribution in [1.82, 2.24) is 4.90 Å². The number of phenols is 1. The number of phenolic OH excluding ortho intramolecular Hbond substituents is 1. The van der Waals surface area contributed by atoms with E-state index >= 15 is 0 Å². The number of benzene rings is 1. The molecular weight excluding hydrogens is 282 g/mol. The van der Waals surface area contributed by atoms with E-state index in [4.69, 9.17) is 9.47 Å². The second-order valence-corrected chi connectivity index (χ2v) is 6.35. The summed E-state index contributed by atoms with van der Waals surface area (Å²) in [5.74, 6) is 0.554. The van der Waals surface area contributed by atoms with Crippen molar-refractivity contribution in [3.63, 3.8) is 0 Å². The fraction of sp³-hybridized carbons (Fsp3) is 0.529. The minimum absolute atomic E-state index is 0.0620. The molecule has 3 aliphatic rings. The number of ether oxygens (including phenoxy) is 2. The van der Waals surface area contributed by atoms with Gasteiger partial charge in [-0.2, -0.15) is 0 Å². The Morgan fingerprint density at radius 1 is 1.27 bits per heavy atom.